The van der Waals surface area contributed by atoms with Gasteiger partial charge in [-0.25, -0.2) is 0 Å². The fourth-order valence-electron chi connectivity index (χ4n) is 2.55. The van der Waals surface area contributed by atoms with Crippen molar-refractivity contribution in [2.75, 3.05) is 26.3 Å². The molecule has 0 aromatic rings. The van der Waals surface area contributed by atoms with E-state index in [1.165, 1.54) is 32.1 Å². The summed E-state index contributed by atoms with van der Waals surface area (Å²) in [6.45, 7) is 3.76. The molecule has 82 valence electrons. The Hall–Kier alpha value is -0.120. The van der Waals surface area contributed by atoms with E-state index in [-0.39, 0.29) is 0 Å². The quantitative estimate of drug-likeness (QED) is 0.732. The highest BCUT2D eigenvalue weighted by Gasteiger charge is 2.30. The maximum Gasteiger partial charge on any atom is 0.0480 e. The van der Waals surface area contributed by atoms with E-state index in [4.69, 9.17) is 10.5 Å². The zero-order valence-corrected chi connectivity index (χ0v) is 8.95. The van der Waals surface area contributed by atoms with E-state index in [0.717, 1.165) is 38.4 Å². The van der Waals surface area contributed by atoms with Crippen LogP contribution in [0.3, 0.4) is 0 Å². The van der Waals surface area contributed by atoms with Gasteiger partial charge in [0.15, 0.2) is 0 Å². The lowest BCUT2D eigenvalue weighted by Crippen LogP contribution is -2.50. The molecule has 0 bridgehead atoms. The minimum Gasteiger partial charge on any atom is -0.381 e. The van der Waals surface area contributed by atoms with Crippen LogP contribution in [0.5, 0.6) is 0 Å². The summed E-state index contributed by atoms with van der Waals surface area (Å²) in [5.41, 5.74) is 5.68. The lowest BCUT2D eigenvalue weighted by atomic mass is 9.89. The molecular weight excluding hydrogens is 176 g/mol. The SMILES string of the molecule is NCCN(C1CCC1)C1CCOCC1. The first-order valence-electron chi connectivity index (χ1n) is 5.95. The average molecular weight is 198 g/mol. The minimum atomic E-state index is 0.748. The van der Waals surface area contributed by atoms with Crippen molar-refractivity contribution in [1.29, 1.82) is 0 Å². The molecule has 1 heterocycles. The van der Waals surface area contributed by atoms with Gasteiger partial charge >= 0.3 is 0 Å². The number of nitrogens with zero attached hydrogens (tertiary/aromatic N) is 1. The molecule has 0 radical (unpaired) electrons. The van der Waals surface area contributed by atoms with Gasteiger partial charge in [-0.15, -0.1) is 0 Å². The predicted octanol–water partition coefficient (Wildman–Crippen LogP) is 0.979. The number of hydrogen-bond acceptors (Lipinski definition) is 3. The van der Waals surface area contributed by atoms with Gasteiger partial charge < -0.3 is 10.5 Å². The zero-order chi connectivity index (χ0) is 9.80. The molecule has 3 nitrogen and oxygen atoms in total. The molecule has 1 saturated carbocycles. The summed E-state index contributed by atoms with van der Waals surface area (Å²) in [5.74, 6) is 0. The largest absolute Gasteiger partial charge is 0.381 e. The molecule has 2 aliphatic rings. The van der Waals surface area contributed by atoms with Crippen LogP contribution in [0.1, 0.15) is 32.1 Å². The first kappa shape index (κ1) is 10.4. The lowest BCUT2D eigenvalue weighted by molar-refractivity contribution is 0.00128. The highest BCUT2D eigenvalue weighted by Crippen LogP contribution is 2.28. The van der Waals surface area contributed by atoms with Crippen LogP contribution in [-0.4, -0.2) is 43.3 Å². The molecule has 0 aromatic carbocycles. The maximum absolute atomic E-state index is 5.68. The molecule has 0 aromatic heterocycles. The minimum absolute atomic E-state index is 0.748. The number of ether oxygens (including phenoxy) is 1. The zero-order valence-electron chi connectivity index (χ0n) is 8.95. The van der Waals surface area contributed by atoms with Gasteiger partial charge in [0.25, 0.3) is 0 Å². The van der Waals surface area contributed by atoms with Gasteiger partial charge in [0.05, 0.1) is 0 Å². The van der Waals surface area contributed by atoms with Gasteiger partial charge in [0.2, 0.25) is 0 Å². The van der Waals surface area contributed by atoms with Crippen molar-refractivity contribution in [3.8, 4) is 0 Å². The molecule has 3 heteroatoms. The highest BCUT2D eigenvalue weighted by molar-refractivity contribution is 4.86. The Morgan fingerprint density at radius 3 is 2.21 bits per heavy atom. The van der Waals surface area contributed by atoms with Gasteiger partial charge in [-0.1, -0.05) is 6.42 Å². The molecule has 2 N–H and O–H groups in total. The third-order valence-electron chi connectivity index (χ3n) is 3.59. The Labute approximate surface area is 86.6 Å². The molecule has 1 aliphatic carbocycles. The van der Waals surface area contributed by atoms with Crippen molar-refractivity contribution in [2.45, 2.75) is 44.2 Å². The van der Waals surface area contributed by atoms with Crippen LogP contribution in [0.2, 0.25) is 0 Å². The fourth-order valence-corrected chi connectivity index (χ4v) is 2.55. The van der Waals surface area contributed by atoms with Gasteiger partial charge in [0.1, 0.15) is 0 Å². The Morgan fingerprint density at radius 1 is 1.07 bits per heavy atom. The summed E-state index contributed by atoms with van der Waals surface area (Å²) in [7, 11) is 0. The Balaban J connectivity index is 1.86. The average Bonchev–Trinajstić information content (AvgIpc) is 2.16. The van der Waals surface area contributed by atoms with Crippen molar-refractivity contribution in [2.24, 2.45) is 5.73 Å². The third-order valence-corrected chi connectivity index (χ3v) is 3.59. The first-order valence-corrected chi connectivity index (χ1v) is 5.95. The molecule has 1 aliphatic heterocycles. The summed E-state index contributed by atoms with van der Waals surface area (Å²) in [6.07, 6.45) is 6.59. The smallest absolute Gasteiger partial charge is 0.0480 e. The van der Waals surface area contributed by atoms with E-state index in [2.05, 4.69) is 4.90 Å². The van der Waals surface area contributed by atoms with E-state index < -0.39 is 0 Å². The molecule has 1 saturated heterocycles. The fraction of sp³-hybridized carbons (Fsp3) is 1.00. The number of hydrogen-bond donors (Lipinski definition) is 1. The van der Waals surface area contributed by atoms with Gasteiger partial charge in [-0.3, -0.25) is 4.90 Å². The van der Waals surface area contributed by atoms with Crippen LogP contribution in [0.15, 0.2) is 0 Å². The summed E-state index contributed by atoms with van der Waals surface area (Å²) in [6, 6.07) is 1.58. The van der Waals surface area contributed by atoms with E-state index in [9.17, 15) is 0 Å². The van der Waals surface area contributed by atoms with Crippen LogP contribution in [0, 0.1) is 0 Å². The van der Waals surface area contributed by atoms with Crippen molar-refractivity contribution in [3.63, 3.8) is 0 Å². The molecule has 14 heavy (non-hydrogen) atoms. The third kappa shape index (κ3) is 2.27. The van der Waals surface area contributed by atoms with Crippen LogP contribution < -0.4 is 5.73 Å². The van der Waals surface area contributed by atoms with Crippen LogP contribution in [0.25, 0.3) is 0 Å². The number of rotatable bonds is 4. The Morgan fingerprint density at radius 2 is 1.71 bits per heavy atom. The molecule has 2 rings (SSSR count). The second-order valence-electron chi connectivity index (χ2n) is 4.45. The topological polar surface area (TPSA) is 38.5 Å². The molecular formula is C11H22N2O. The van der Waals surface area contributed by atoms with Crippen LogP contribution >= 0.6 is 0 Å². The maximum atomic E-state index is 5.68. The summed E-state index contributed by atoms with van der Waals surface area (Å²) in [4.78, 5) is 2.64. The second kappa shape index (κ2) is 5.10. The van der Waals surface area contributed by atoms with Crippen molar-refractivity contribution < 1.29 is 4.74 Å². The molecule has 0 amide bonds. The Kier molecular flexibility index (Phi) is 3.79. The monoisotopic (exact) mass is 198 g/mol. The van der Waals surface area contributed by atoms with E-state index >= 15 is 0 Å². The van der Waals surface area contributed by atoms with Crippen molar-refractivity contribution in [3.05, 3.63) is 0 Å². The van der Waals surface area contributed by atoms with Gasteiger partial charge in [-0.05, 0) is 25.7 Å². The summed E-state index contributed by atoms with van der Waals surface area (Å²) >= 11 is 0. The van der Waals surface area contributed by atoms with Crippen molar-refractivity contribution >= 4 is 0 Å². The van der Waals surface area contributed by atoms with E-state index in [1.807, 2.05) is 0 Å². The van der Waals surface area contributed by atoms with Crippen molar-refractivity contribution in [1.82, 2.24) is 4.90 Å². The molecule has 0 unspecified atom stereocenters. The molecule has 0 atom stereocenters. The standard InChI is InChI=1S/C11H22N2O/c12-6-7-13(10-2-1-3-10)11-4-8-14-9-5-11/h10-11H,1-9,12H2. The van der Waals surface area contributed by atoms with Crippen LogP contribution in [0.4, 0.5) is 0 Å². The lowest BCUT2D eigenvalue weighted by Gasteiger charge is -2.43. The van der Waals surface area contributed by atoms with Gasteiger partial charge in [-0.2, -0.15) is 0 Å². The van der Waals surface area contributed by atoms with E-state index in [1.54, 1.807) is 0 Å². The normalized spacial score (nSPS) is 25.3. The highest BCUT2D eigenvalue weighted by atomic mass is 16.5. The molecule has 0 spiro atoms. The second-order valence-corrected chi connectivity index (χ2v) is 4.45. The van der Waals surface area contributed by atoms with Crippen LogP contribution in [-0.2, 0) is 4.74 Å². The Bertz CT molecular complexity index is 165. The van der Waals surface area contributed by atoms with Gasteiger partial charge in [0, 0.05) is 38.4 Å². The predicted molar refractivity (Wildman–Crippen MR) is 57.2 cm³/mol. The first-order chi connectivity index (χ1) is 6.92. The molecule has 2 fully saturated rings. The summed E-state index contributed by atoms with van der Waals surface area (Å²) in [5, 5.41) is 0. The summed E-state index contributed by atoms with van der Waals surface area (Å²) < 4.78 is 5.40. The van der Waals surface area contributed by atoms with E-state index in [0.29, 0.717) is 0 Å². The number of nitrogens with two attached hydrogens (primary N) is 1.